The number of hydrogen-bond acceptors (Lipinski definition) is 3. The maximum absolute atomic E-state index is 13.6. The van der Waals surface area contributed by atoms with Crippen molar-refractivity contribution in [3.63, 3.8) is 0 Å². The van der Waals surface area contributed by atoms with Gasteiger partial charge in [-0.3, -0.25) is 14.7 Å². The third-order valence-electron chi connectivity index (χ3n) is 5.63. The highest BCUT2D eigenvalue weighted by Gasteiger charge is 2.48. The lowest BCUT2D eigenvalue weighted by Gasteiger charge is -2.35. The summed E-state index contributed by atoms with van der Waals surface area (Å²) in [7, 11) is 0. The number of benzene rings is 2. The van der Waals surface area contributed by atoms with Crippen molar-refractivity contribution in [3.05, 3.63) is 70.2 Å². The van der Waals surface area contributed by atoms with Gasteiger partial charge in [0.1, 0.15) is 16.4 Å². The van der Waals surface area contributed by atoms with Gasteiger partial charge in [0.15, 0.2) is 0 Å². The Morgan fingerprint density at radius 3 is 2.39 bits per heavy atom. The fraction of sp³-hybridized carbons (Fsp3) is 0.348. The Morgan fingerprint density at radius 2 is 1.75 bits per heavy atom. The molecule has 1 fully saturated rings. The molecule has 0 aromatic heterocycles. The van der Waals surface area contributed by atoms with Gasteiger partial charge in [-0.05, 0) is 56.9 Å². The molecule has 0 N–H and O–H groups in total. The maximum atomic E-state index is 13.6. The van der Waals surface area contributed by atoms with Crippen LogP contribution < -0.4 is 0 Å². The van der Waals surface area contributed by atoms with E-state index in [0.29, 0.717) is 15.6 Å². The van der Waals surface area contributed by atoms with E-state index in [1.165, 1.54) is 12.8 Å². The zero-order valence-corrected chi connectivity index (χ0v) is 17.5. The number of amides is 1. The second-order valence-corrected chi connectivity index (χ2v) is 8.50. The molecular formula is C23H23ClN2OS. The second kappa shape index (κ2) is 7.76. The van der Waals surface area contributed by atoms with Gasteiger partial charge in [-0.15, -0.1) is 0 Å². The molecule has 0 saturated heterocycles. The highest BCUT2D eigenvalue weighted by molar-refractivity contribution is 7.82. The SMILES string of the molecule is Cc1cccc(C(=O)N2C(=S)C(c3ccc(Cl)cc3)=NC23CCCCCC3)c1. The molecule has 144 valence electrons. The second-order valence-electron chi connectivity index (χ2n) is 7.68. The maximum Gasteiger partial charge on any atom is 0.260 e. The Balaban J connectivity index is 1.78. The van der Waals surface area contributed by atoms with E-state index < -0.39 is 5.66 Å². The van der Waals surface area contributed by atoms with Crippen molar-refractivity contribution in [1.82, 2.24) is 4.90 Å². The van der Waals surface area contributed by atoms with E-state index in [4.69, 9.17) is 28.8 Å². The van der Waals surface area contributed by atoms with Crippen LogP contribution in [0.3, 0.4) is 0 Å². The first kappa shape index (κ1) is 19.3. The molecule has 0 radical (unpaired) electrons. The Morgan fingerprint density at radius 1 is 1.07 bits per heavy atom. The number of carbonyl (C=O) groups is 1. The fourth-order valence-corrected chi connectivity index (χ4v) is 4.76. The topological polar surface area (TPSA) is 32.7 Å². The lowest BCUT2D eigenvalue weighted by atomic mass is 9.98. The monoisotopic (exact) mass is 410 g/mol. The minimum atomic E-state index is -0.566. The van der Waals surface area contributed by atoms with Crippen LogP contribution in [0.2, 0.25) is 5.02 Å². The van der Waals surface area contributed by atoms with Gasteiger partial charge in [0.25, 0.3) is 5.91 Å². The highest BCUT2D eigenvalue weighted by Crippen LogP contribution is 2.40. The predicted octanol–water partition coefficient (Wildman–Crippen LogP) is 5.97. The summed E-state index contributed by atoms with van der Waals surface area (Å²) in [6, 6.07) is 15.2. The standard InChI is InChI=1S/C23H23ClN2OS/c1-16-7-6-8-18(15-16)21(27)26-22(28)20(17-9-11-19(24)12-10-17)25-23(26)13-4-2-3-5-14-23/h6-12,15H,2-5,13-14H2,1H3. The number of hydrogen-bond donors (Lipinski definition) is 0. The van der Waals surface area contributed by atoms with Gasteiger partial charge in [0.2, 0.25) is 0 Å². The van der Waals surface area contributed by atoms with Gasteiger partial charge < -0.3 is 0 Å². The van der Waals surface area contributed by atoms with E-state index in [0.717, 1.165) is 42.5 Å². The third kappa shape index (κ3) is 3.51. The van der Waals surface area contributed by atoms with Crippen LogP contribution in [0.5, 0.6) is 0 Å². The first-order chi connectivity index (χ1) is 13.5. The van der Waals surface area contributed by atoms with E-state index in [9.17, 15) is 4.79 Å². The van der Waals surface area contributed by atoms with E-state index in [-0.39, 0.29) is 5.91 Å². The largest absolute Gasteiger partial charge is 0.271 e. The van der Waals surface area contributed by atoms with E-state index in [1.54, 1.807) is 4.90 Å². The van der Waals surface area contributed by atoms with E-state index >= 15 is 0 Å². The number of halogens is 1. The first-order valence-electron chi connectivity index (χ1n) is 9.82. The molecule has 1 amide bonds. The Hall–Kier alpha value is -2.04. The van der Waals surface area contributed by atoms with Gasteiger partial charge in [0.05, 0.1) is 0 Å². The molecule has 4 rings (SSSR count). The average Bonchev–Trinajstić information content (AvgIpc) is 2.82. The molecule has 2 aromatic carbocycles. The number of aliphatic imine (C=N–C) groups is 1. The molecule has 1 spiro atoms. The molecule has 2 aromatic rings. The van der Waals surface area contributed by atoms with Gasteiger partial charge in [-0.25, -0.2) is 0 Å². The first-order valence-corrected chi connectivity index (χ1v) is 10.6. The van der Waals surface area contributed by atoms with Gasteiger partial charge in [0, 0.05) is 16.1 Å². The van der Waals surface area contributed by atoms with Gasteiger partial charge in [-0.1, -0.05) is 66.5 Å². The Labute approximate surface area is 176 Å². The molecule has 1 saturated carbocycles. The summed E-state index contributed by atoms with van der Waals surface area (Å²) in [5, 5.41) is 0.671. The molecule has 3 nitrogen and oxygen atoms in total. The number of aryl methyl sites for hydroxylation is 1. The summed E-state index contributed by atoms with van der Waals surface area (Å²) in [6.07, 6.45) is 6.15. The van der Waals surface area contributed by atoms with Gasteiger partial charge in [-0.2, -0.15) is 0 Å². The lowest BCUT2D eigenvalue weighted by Crippen LogP contribution is -2.49. The highest BCUT2D eigenvalue weighted by atomic mass is 35.5. The van der Waals surface area contributed by atoms with Crippen LogP contribution >= 0.6 is 23.8 Å². The van der Waals surface area contributed by atoms with Crippen LogP contribution in [-0.4, -0.2) is 27.2 Å². The minimum absolute atomic E-state index is 0.0525. The summed E-state index contributed by atoms with van der Waals surface area (Å²) in [5.74, 6) is -0.0525. The lowest BCUT2D eigenvalue weighted by molar-refractivity contribution is 0.0691. The number of rotatable bonds is 2. The van der Waals surface area contributed by atoms with Gasteiger partial charge >= 0.3 is 0 Å². The number of carbonyl (C=O) groups excluding carboxylic acids is 1. The van der Waals surface area contributed by atoms with Crippen molar-refractivity contribution in [2.24, 2.45) is 4.99 Å². The molecule has 0 atom stereocenters. The zero-order chi connectivity index (χ0) is 19.7. The van der Waals surface area contributed by atoms with Crippen molar-refractivity contribution in [1.29, 1.82) is 0 Å². The third-order valence-corrected chi connectivity index (χ3v) is 6.26. The van der Waals surface area contributed by atoms with Crippen LogP contribution in [0.1, 0.15) is 60.0 Å². The van der Waals surface area contributed by atoms with Crippen molar-refractivity contribution < 1.29 is 4.79 Å². The molecule has 0 bridgehead atoms. The smallest absolute Gasteiger partial charge is 0.260 e. The van der Waals surface area contributed by atoms with Crippen LogP contribution in [-0.2, 0) is 0 Å². The molecule has 1 aliphatic carbocycles. The normalized spacial score (nSPS) is 18.9. The molecule has 1 heterocycles. The quantitative estimate of drug-likeness (QED) is 0.571. The van der Waals surface area contributed by atoms with E-state index in [1.807, 2.05) is 55.5 Å². The zero-order valence-electron chi connectivity index (χ0n) is 16.0. The summed E-state index contributed by atoms with van der Waals surface area (Å²) in [6.45, 7) is 2.00. The van der Waals surface area contributed by atoms with E-state index in [2.05, 4.69) is 0 Å². The van der Waals surface area contributed by atoms with Crippen molar-refractivity contribution in [2.75, 3.05) is 0 Å². The summed E-state index contributed by atoms with van der Waals surface area (Å²) in [4.78, 5) is 21.0. The van der Waals surface area contributed by atoms with Crippen molar-refractivity contribution >= 4 is 40.4 Å². The Bertz CT molecular complexity index is 943. The number of thiocarbonyl (C=S) groups is 1. The molecule has 1 aliphatic heterocycles. The predicted molar refractivity (Wildman–Crippen MR) is 118 cm³/mol. The summed E-state index contributed by atoms with van der Waals surface area (Å²) in [5.41, 5.74) is 2.80. The summed E-state index contributed by atoms with van der Waals surface area (Å²) >= 11 is 11.9. The van der Waals surface area contributed by atoms with Crippen molar-refractivity contribution in [3.8, 4) is 0 Å². The summed E-state index contributed by atoms with van der Waals surface area (Å²) < 4.78 is 0. The van der Waals surface area contributed by atoms with Crippen LogP contribution in [0.25, 0.3) is 0 Å². The Kier molecular flexibility index (Phi) is 5.35. The average molecular weight is 411 g/mol. The molecule has 5 heteroatoms. The molecule has 0 unspecified atom stereocenters. The fourth-order valence-electron chi connectivity index (χ4n) is 4.22. The van der Waals surface area contributed by atoms with Crippen molar-refractivity contribution in [2.45, 2.75) is 51.1 Å². The molecular weight excluding hydrogens is 388 g/mol. The molecule has 2 aliphatic rings. The molecule has 28 heavy (non-hydrogen) atoms. The van der Waals surface area contributed by atoms with Crippen LogP contribution in [0.15, 0.2) is 53.5 Å². The van der Waals surface area contributed by atoms with Crippen LogP contribution in [0.4, 0.5) is 0 Å². The number of nitrogens with zero attached hydrogens (tertiary/aromatic N) is 2. The minimum Gasteiger partial charge on any atom is -0.271 e. The van der Waals surface area contributed by atoms with Crippen LogP contribution in [0, 0.1) is 6.92 Å².